The summed E-state index contributed by atoms with van der Waals surface area (Å²) in [5.74, 6) is -4.42. The number of carbonyl (C=O) groups excluding carboxylic acids is 1. The van der Waals surface area contributed by atoms with E-state index in [4.69, 9.17) is 28.7 Å². The lowest BCUT2D eigenvalue weighted by molar-refractivity contribution is -0.131. The van der Waals surface area contributed by atoms with Crippen LogP contribution in [0.15, 0.2) is 12.1 Å². The zero-order valence-corrected chi connectivity index (χ0v) is 13.1. The zero-order valence-electron chi connectivity index (χ0n) is 27.1. The molecule has 0 radical (unpaired) electrons. The Morgan fingerprint density at radius 1 is 1.50 bits per heavy atom. The summed E-state index contributed by atoms with van der Waals surface area (Å²) < 4.78 is 123. The largest absolute Gasteiger partial charge is 0.493 e. The van der Waals surface area contributed by atoms with E-state index in [0.29, 0.717) is 11.8 Å². The first kappa shape index (κ1) is 6.96. The predicted octanol–water partition coefficient (Wildman–Crippen LogP) is 2.35. The van der Waals surface area contributed by atoms with Crippen LogP contribution in [-0.2, 0) is 11.2 Å². The quantitative estimate of drug-likeness (QED) is 0.906. The van der Waals surface area contributed by atoms with Crippen molar-refractivity contribution < 1.29 is 38.6 Å². The minimum absolute atomic E-state index is 0.205. The number of aryl methyl sites for hydroxylation is 1. The van der Waals surface area contributed by atoms with E-state index in [2.05, 4.69) is 0 Å². The van der Waals surface area contributed by atoms with Crippen LogP contribution in [0.1, 0.15) is 62.9 Å². The number of nitrogens with zero attached hydrogens (tertiary/aromatic N) is 1. The summed E-state index contributed by atoms with van der Waals surface area (Å²) in [5, 5.41) is 10.6. The Morgan fingerprint density at radius 3 is 3.00 bits per heavy atom. The molecule has 5 nitrogen and oxygen atoms in total. The number of ether oxygens (including phenoxy) is 2. The minimum Gasteiger partial charge on any atom is -0.493 e. The van der Waals surface area contributed by atoms with Gasteiger partial charge in [0, 0.05) is 46.5 Å². The third-order valence-electron chi connectivity index (χ3n) is 3.84. The van der Waals surface area contributed by atoms with Crippen molar-refractivity contribution in [2.45, 2.75) is 44.6 Å². The maximum Gasteiger partial charge on any atom is 0.161 e. The van der Waals surface area contributed by atoms with Gasteiger partial charge in [-0.25, -0.2) is 0 Å². The molecule has 132 valence electrons. The van der Waals surface area contributed by atoms with Gasteiger partial charge in [0.1, 0.15) is 5.78 Å². The molecule has 1 saturated heterocycles. The lowest BCUT2D eigenvalue weighted by Gasteiger charge is -2.44. The van der Waals surface area contributed by atoms with Crippen LogP contribution in [-0.4, -0.2) is 48.5 Å². The number of aliphatic hydroxyl groups is 1. The van der Waals surface area contributed by atoms with Gasteiger partial charge in [-0.2, -0.15) is 0 Å². The molecule has 24 heavy (non-hydrogen) atoms. The van der Waals surface area contributed by atoms with Gasteiger partial charge in [-0.05, 0) is 49.8 Å². The molecule has 0 spiro atoms. The van der Waals surface area contributed by atoms with Gasteiger partial charge >= 0.3 is 0 Å². The highest BCUT2D eigenvalue weighted by molar-refractivity contribution is 5.83. The molecule has 2 heterocycles. The van der Waals surface area contributed by atoms with E-state index in [9.17, 15) is 9.90 Å². The fraction of sp³-hybridized carbons (Fsp3) is 0.632. The fourth-order valence-electron chi connectivity index (χ4n) is 2.77. The molecular weight excluding hydrogens is 306 g/mol. The third kappa shape index (κ3) is 3.28. The molecule has 5 heteroatoms. The smallest absolute Gasteiger partial charge is 0.161 e. The number of carbonyl (C=O) groups is 1. The normalized spacial score (nSPS) is 42.9. The Kier molecular flexibility index (Phi) is 1.85. The molecule has 0 aliphatic carbocycles. The summed E-state index contributed by atoms with van der Waals surface area (Å²) in [6.45, 7) is -9.46. The van der Waals surface area contributed by atoms with Gasteiger partial charge < -0.3 is 14.6 Å². The molecule has 1 N–H and O–H groups in total. The van der Waals surface area contributed by atoms with E-state index in [1.807, 2.05) is 0 Å². The molecule has 0 amide bonds. The summed E-state index contributed by atoms with van der Waals surface area (Å²) >= 11 is 0. The van der Waals surface area contributed by atoms with Gasteiger partial charge in [0.2, 0.25) is 0 Å². The average molecular weight is 348 g/mol. The molecule has 2 aliphatic heterocycles. The van der Waals surface area contributed by atoms with E-state index >= 15 is 0 Å². The molecule has 3 rings (SSSR count). The predicted molar refractivity (Wildman–Crippen MR) is 91.6 cm³/mol. The number of methoxy groups -OCH3 is 2. The topological polar surface area (TPSA) is 59.0 Å². The van der Waals surface area contributed by atoms with Crippen LogP contribution in [0.5, 0.6) is 11.5 Å². The SMILES string of the molecule is [2H]C([2H])([2H])Oc1cc2c(cc1OC)C([2H])([2H])C([2H])([2H])N1[C@H]2CC(=O)[C@@H](C([2H])([2H])C(C)(O)C([2H])([2H])[2H])C1([2H])[2H]. The fourth-order valence-corrected chi connectivity index (χ4v) is 2.77. The molecule has 0 aromatic heterocycles. The summed E-state index contributed by atoms with van der Waals surface area (Å²) in [6.07, 6.45) is -7.33. The Hall–Kier alpha value is -1.59. The van der Waals surface area contributed by atoms with E-state index in [1.165, 1.54) is 0 Å². The molecule has 3 atom stereocenters. The number of benzene rings is 1. The van der Waals surface area contributed by atoms with Gasteiger partial charge in [-0.3, -0.25) is 9.69 Å². The van der Waals surface area contributed by atoms with Gasteiger partial charge in [-0.15, -0.1) is 0 Å². The Labute approximate surface area is 163 Å². The van der Waals surface area contributed by atoms with Crippen molar-refractivity contribution in [2.75, 3.05) is 27.1 Å². The zero-order chi connectivity index (χ0) is 29.7. The molecule has 1 fully saturated rings. The van der Waals surface area contributed by atoms with Crippen molar-refractivity contribution in [1.82, 2.24) is 4.90 Å². The summed E-state index contributed by atoms with van der Waals surface area (Å²) in [7, 11) is -1.85. The maximum absolute atomic E-state index is 13.3. The molecule has 1 unspecified atom stereocenters. The monoisotopic (exact) mass is 347 g/mol. The first-order valence-corrected chi connectivity index (χ1v) is 7.22. The molecule has 0 saturated carbocycles. The number of fused-ring (bicyclic) bond motifs is 3. The van der Waals surface area contributed by atoms with Crippen LogP contribution in [0.25, 0.3) is 0 Å². The first-order chi connectivity index (χ1) is 16.8. The second-order valence-electron chi connectivity index (χ2n) is 5.76. The summed E-state index contributed by atoms with van der Waals surface area (Å²) in [6, 6.07) is 0.416. The Bertz CT molecular complexity index is 1130. The highest BCUT2D eigenvalue weighted by atomic mass is 16.5. The van der Waals surface area contributed by atoms with E-state index in [0.717, 1.165) is 19.2 Å². The second-order valence-corrected chi connectivity index (χ2v) is 5.76. The molecule has 2 aliphatic rings. The van der Waals surface area contributed by atoms with Crippen molar-refractivity contribution in [2.24, 2.45) is 5.92 Å². The molecule has 0 bridgehead atoms. The summed E-state index contributed by atoms with van der Waals surface area (Å²) in [5.41, 5.74) is -3.84. The van der Waals surface area contributed by atoms with Crippen LogP contribution < -0.4 is 9.47 Å². The third-order valence-corrected chi connectivity index (χ3v) is 3.84. The van der Waals surface area contributed by atoms with E-state index < -0.39 is 75.1 Å². The highest BCUT2D eigenvalue weighted by Gasteiger charge is 2.40. The van der Waals surface area contributed by atoms with Crippen molar-refractivity contribution in [3.63, 3.8) is 0 Å². The van der Waals surface area contributed by atoms with Crippen LogP contribution in [0.4, 0.5) is 0 Å². The van der Waals surface area contributed by atoms with E-state index in [1.54, 1.807) is 0 Å². The van der Waals surface area contributed by atoms with Crippen LogP contribution in [0, 0.1) is 5.92 Å². The number of Topliss-reactive ketones (excluding diaryl/α,β-unsaturated/α-hetero) is 1. The number of piperidine rings is 1. The number of hydrogen-bond acceptors (Lipinski definition) is 5. The first-order valence-electron chi connectivity index (χ1n) is 14.2. The lowest BCUT2D eigenvalue weighted by Crippen LogP contribution is -2.47. The van der Waals surface area contributed by atoms with Crippen molar-refractivity contribution in [1.29, 1.82) is 0 Å². The van der Waals surface area contributed by atoms with Gasteiger partial charge in [0.25, 0.3) is 0 Å². The van der Waals surface area contributed by atoms with Gasteiger partial charge in [0.05, 0.1) is 23.9 Å². The Morgan fingerprint density at radius 2 is 2.29 bits per heavy atom. The number of ketones is 1. The van der Waals surface area contributed by atoms with Crippen molar-refractivity contribution in [3.05, 3.63) is 23.3 Å². The number of rotatable bonds is 4. The average Bonchev–Trinajstić information content (AvgIpc) is 2.68. The molecular formula is C19H27NO4. The van der Waals surface area contributed by atoms with Crippen LogP contribution >= 0.6 is 0 Å². The minimum atomic E-state index is -3.47. The van der Waals surface area contributed by atoms with Gasteiger partial charge in [-0.1, -0.05) is 0 Å². The second kappa shape index (κ2) is 6.37. The number of hydrogen-bond donors (Lipinski definition) is 1. The highest BCUT2D eigenvalue weighted by Crippen LogP contribution is 2.42. The van der Waals surface area contributed by atoms with Crippen LogP contribution in [0.2, 0.25) is 0 Å². The van der Waals surface area contributed by atoms with Crippen LogP contribution in [0.3, 0.4) is 0 Å². The Balaban J connectivity index is 2.30. The van der Waals surface area contributed by atoms with Crippen molar-refractivity contribution >= 4 is 5.78 Å². The summed E-state index contributed by atoms with van der Waals surface area (Å²) in [4.78, 5) is 13.7. The van der Waals surface area contributed by atoms with Crippen molar-refractivity contribution in [3.8, 4) is 11.5 Å². The van der Waals surface area contributed by atoms with E-state index in [-0.39, 0.29) is 16.9 Å². The maximum atomic E-state index is 13.3. The molecule has 1 aromatic carbocycles. The molecule has 1 aromatic rings. The standard InChI is InChI=1S/C19H27NO4/c1-19(2,22)10-13-11-20-6-5-12-7-17(23-3)18(24-4)8-14(12)15(20)9-16(13)21/h7-8,13,15,22H,5-6,9-11H2,1-4H3/t13-,15-/m0/s1/i1D3,4D3,5D2,6D2,10D2,11D2/t13-,15-,19?. The lowest BCUT2D eigenvalue weighted by atomic mass is 9.79. The van der Waals surface area contributed by atoms with Gasteiger partial charge in [0.15, 0.2) is 11.5 Å².